The van der Waals surface area contributed by atoms with E-state index in [1.54, 1.807) is 6.21 Å². The minimum Gasteiger partial charge on any atom is -0.257 e. The Balaban J connectivity index is 2.05. The van der Waals surface area contributed by atoms with Crippen LogP contribution >= 0.6 is 0 Å². The molecule has 0 unspecified atom stereocenters. The van der Waals surface area contributed by atoms with Crippen molar-refractivity contribution in [2.75, 3.05) is 0 Å². The van der Waals surface area contributed by atoms with Crippen molar-refractivity contribution in [1.29, 1.82) is 0 Å². The molecule has 16 heavy (non-hydrogen) atoms. The molecule has 0 atom stereocenters. The molecule has 0 aromatic heterocycles. The number of hydrogen-bond donors (Lipinski definition) is 0. The molecule has 0 amide bonds. The number of rotatable bonds is 2. The summed E-state index contributed by atoms with van der Waals surface area (Å²) in [6, 6.07) is 9.54. The molecule has 1 nitrogen and oxygen atoms in total. The highest BCUT2D eigenvalue weighted by Gasteiger charge is 2.25. The van der Waals surface area contributed by atoms with E-state index in [2.05, 4.69) is 4.99 Å². The first-order valence-corrected chi connectivity index (χ1v) is 5.02. The first-order chi connectivity index (χ1) is 7.66. The van der Waals surface area contributed by atoms with Gasteiger partial charge in [0.15, 0.2) is 0 Å². The molecule has 0 spiro atoms. The van der Waals surface area contributed by atoms with E-state index in [1.165, 1.54) is 12.2 Å². The fourth-order valence-electron chi connectivity index (χ4n) is 1.37. The zero-order valence-corrected chi connectivity index (χ0v) is 8.61. The van der Waals surface area contributed by atoms with Gasteiger partial charge in [0.1, 0.15) is 0 Å². The van der Waals surface area contributed by atoms with Crippen molar-refractivity contribution in [2.45, 2.75) is 12.3 Å². The summed E-state index contributed by atoms with van der Waals surface area (Å²) < 4.78 is 25.5. The number of allylic oxidation sites excluding steroid dienone is 3. The zero-order valence-electron chi connectivity index (χ0n) is 8.61. The highest BCUT2D eigenvalue weighted by molar-refractivity contribution is 5.80. The molecule has 1 aliphatic rings. The van der Waals surface area contributed by atoms with Gasteiger partial charge in [0.2, 0.25) is 0 Å². The predicted octanol–water partition coefficient (Wildman–Crippen LogP) is 3.58. The average Bonchev–Trinajstić information content (AvgIpc) is 2.29. The summed E-state index contributed by atoms with van der Waals surface area (Å²) in [6.07, 6.45) is 5.08. The fourth-order valence-corrected chi connectivity index (χ4v) is 1.37. The van der Waals surface area contributed by atoms with E-state index < -0.39 is 5.92 Å². The van der Waals surface area contributed by atoms with E-state index in [9.17, 15) is 8.78 Å². The molecule has 1 aromatic rings. The van der Waals surface area contributed by atoms with Gasteiger partial charge in [0, 0.05) is 12.6 Å². The molecule has 0 saturated heterocycles. The molecule has 0 heterocycles. The minimum atomic E-state index is -2.72. The lowest BCUT2D eigenvalue weighted by Gasteiger charge is -2.12. The van der Waals surface area contributed by atoms with Crippen molar-refractivity contribution >= 4 is 6.21 Å². The van der Waals surface area contributed by atoms with Crippen LogP contribution in [-0.4, -0.2) is 12.1 Å². The molecule has 0 bridgehead atoms. The third-order valence-corrected chi connectivity index (χ3v) is 2.24. The third-order valence-electron chi connectivity index (χ3n) is 2.24. The second-order valence-corrected chi connectivity index (χ2v) is 3.60. The van der Waals surface area contributed by atoms with Crippen molar-refractivity contribution in [2.24, 2.45) is 4.99 Å². The predicted molar refractivity (Wildman–Crippen MR) is 60.8 cm³/mol. The summed E-state index contributed by atoms with van der Waals surface area (Å²) >= 11 is 0. The smallest absolute Gasteiger partial charge is 0.257 e. The zero-order chi connectivity index (χ0) is 11.4. The van der Waals surface area contributed by atoms with Crippen LogP contribution in [0.5, 0.6) is 0 Å². The van der Waals surface area contributed by atoms with Gasteiger partial charge in [-0.1, -0.05) is 36.4 Å². The van der Waals surface area contributed by atoms with Crippen LogP contribution in [0.25, 0.3) is 0 Å². The maximum atomic E-state index is 12.8. The van der Waals surface area contributed by atoms with Crippen LogP contribution in [0.3, 0.4) is 0 Å². The van der Waals surface area contributed by atoms with E-state index >= 15 is 0 Å². The topological polar surface area (TPSA) is 12.4 Å². The molecule has 0 fully saturated rings. The summed E-state index contributed by atoms with van der Waals surface area (Å²) in [4.78, 5) is 4.13. The van der Waals surface area contributed by atoms with Crippen molar-refractivity contribution in [1.82, 2.24) is 0 Å². The lowest BCUT2D eigenvalue weighted by atomic mass is 10.1. The number of nitrogens with zero attached hydrogens (tertiary/aromatic N) is 1. The molecular formula is C13H11F2N. The van der Waals surface area contributed by atoms with Gasteiger partial charge < -0.3 is 0 Å². The molecule has 0 radical (unpaired) electrons. The number of halogens is 2. The number of hydrogen-bond acceptors (Lipinski definition) is 1. The largest absolute Gasteiger partial charge is 0.270 e. The van der Waals surface area contributed by atoms with Gasteiger partial charge in [0.25, 0.3) is 5.92 Å². The van der Waals surface area contributed by atoms with Gasteiger partial charge in [-0.2, -0.15) is 0 Å². The number of benzene rings is 1. The maximum absolute atomic E-state index is 12.8. The first-order valence-electron chi connectivity index (χ1n) is 5.02. The molecule has 2 rings (SSSR count). The lowest BCUT2D eigenvalue weighted by Crippen LogP contribution is -2.12. The van der Waals surface area contributed by atoms with Crippen molar-refractivity contribution in [3.05, 3.63) is 59.8 Å². The third kappa shape index (κ3) is 2.86. The SMILES string of the molecule is FC1(F)C=CC(N=Cc2ccccc2)=CC1. The average molecular weight is 219 g/mol. The Morgan fingerprint density at radius 2 is 1.94 bits per heavy atom. The van der Waals surface area contributed by atoms with Gasteiger partial charge in [-0.3, -0.25) is 4.99 Å². The van der Waals surface area contributed by atoms with Gasteiger partial charge in [-0.15, -0.1) is 0 Å². The Kier molecular flexibility index (Phi) is 2.95. The monoisotopic (exact) mass is 219 g/mol. The van der Waals surface area contributed by atoms with Gasteiger partial charge in [-0.05, 0) is 17.7 Å². The molecule has 1 aliphatic carbocycles. The lowest BCUT2D eigenvalue weighted by molar-refractivity contribution is 0.0571. The van der Waals surface area contributed by atoms with Crippen molar-refractivity contribution in [3.8, 4) is 0 Å². The molecule has 3 heteroatoms. The van der Waals surface area contributed by atoms with Crippen molar-refractivity contribution < 1.29 is 8.78 Å². The Bertz CT molecular complexity index is 444. The van der Waals surface area contributed by atoms with Crippen LogP contribution in [0.15, 0.2) is 59.2 Å². The van der Waals surface area contributed by atoms with E-state index in [0.29, 0.717) is 5.70 Å². The normalized spacial score (nSPS) is 18.8. The van der Waals surface area contributed by atoms with Gasteiger partial charge >= 0.3 is 0 Å². The number of alkyl halides is 2. The summed E-state index contributed by atoms with van der Waals surface area (Å²) in [5, 5.41) is 0. The molecule has 0 saturated carbocycles. The molecule has 0 N–H and O–H groups in total. The second-order valence-electron chi connectivity index (χ2n) is 3.60. The van der Waals surface area contributed by atoms with Crippen LogP contribution in [0.4, 0.5) is 8.78 Å². The Morgan fingerprint density at radius 3 is 2.56 bits per heavy atom. The second kappa shape index (κ2) is 4.39. The van der Waals surface area contributed by atoms with Crippen LogP contribution in [-0.2, 0) is 0 Å². The number of aliphatic imine (C=N–C) groups is 1. The Hall–Kier alpha value is -1.77. The highest BCUT2D eigenvalue weighted by Crippen LogP contribution is 2.26. The molecular weight excluding hydrogens is 208 g/mol. The quantitative estimate of drug-likeness (QED) is 0.674. The summed E-state index contributed by atoms with van der Waals surface area (Å²) in [7, 11) is 0. The van der Waals surface area contributed by atoms with Crippen LogP contribution in [0.1, 0.15) is 12.0 Å². The van der Waals surface area contributed by atoms with Crippen LogP contribution in [0, 0.1) is 0 Å². The summed E-state index contributed by atoms with van der Waals surface area (Å²) in [5.74, 6) is -2.72. The maximum Gasteiger partial charge on any atom is 0.270 e. The summed E-state index contributed by atoms with van der Waals surface area (Å²) in [6.45, 7) is 0. The van der Waals surface area contributed by atoms with Crippen molar-refractivity contribution in [3.63, 3.8) is 0 Å². The summed E-state index contributed by atoms with van der Waals surface area (Å²) in [5.41, 5.74) is 1.53. The first kappa shape index (κ1) is 10.7. The standard InChI is InChI=1S/C13H11F2N/c14-13(15)8-6-12(7-9-13)16-10-11-4-2-1-3-5-11/h1-8,10H,9H2. The highest BCUT2D eigenvalue weighted by atomic mass is 19.3. The van der Waals surface area contributed by atoms with Gasteiger partial charge in [0.05, 0.1) is 5.70 Å². The van der Waals surface area contributed by atoms with E-state index in [0.717, 1.165) is 11.6 Å². The molecule has 82 valence electrons. The molecule has 1 aromatic carbocycles. The molecule has 0 aliphatic heterocycles. The Labute approximate surface area is 92.8 Å². The Morgan fingerprint density at radius 1 is 1.19 bits per heavy atom. The van der Waals surface area contributed by atoms with E-state index in [1.807, 2.05) is 30.3 Å². The van der Waals surface area contributed by atoms with Crippen LogP contribution in [0.2, 0.25) is 0 Å². The van der Waals surface area contributed by atoms with Gasteiger partial charge in [-0.25, -0.2) is 8.78 Å². The van der Waals surface area contributed by atoms with E-state index in [4.69, 9.17) is 0 Å². The van der Waals surface area contributed by atoms with E-state index in [-0.39, 0.29) is 6.42 Å². The van der Waals surface area contributed by atoms with Crippen LogP contribution < -0.4 is 0 Å². The fraction of sp³-hybridized carbons (Fsp3) is 0.154. The minimum absolute atomic E-state index is 0.273.